The summed E-state index contributed by atoms with van der Waals surface area (Å²) in [5.74, 6) is -3.25. The Kier molecular flexibility index (Phi) is 5.93. The maximum atomic E-state index is 13.5. The van der Waals surface area contributed by atoms with Gasteiger partial charge in [0, 0.05) is 23.7 Å². The van der Waals surface area contributed by atoms with E-state index in [0.717, 1.165) is 18.2 Å². The zero-order valence-corrected chi connectivity index (χ0v) is 16.5. The summed E-state index contributed by atoms with van der Waals surface area (Å²) in [4.78, 5) is 23.7. The zero-order chi connectivity index (χ0) is 21.9. The van der Waals surface area contributed by atoms with Gasteiger partial charge in [0.1, 0.15) is 0 Å². The Morgan fingerprint density at radius 2 is 1.53 bits per heavy atom. The molecule has 2 N–H and O–H groups in total. The molecule has 154 valence electrons. The van der Waals surface area contributed by atoms with Crippen LogP contribution in [0.5, 0.6) is 0 Å². The highest BCUT2D eigenvalue weighted by molar-refractivity contribution is 7.92. The van der Waals surface area contributed by atoms with Gasteiger partial charge in [-0.15, -0.1) is 0 Å². The van der Waals surface area contributed by atoms with Gasteiger partial charge in [0.05, 0.1) is 10.6 Å². The van der Waals surface area contributed by atoms with E-state index in [0.29, 0.717) is 5.69 Å². The van der Waals surface area contributed by atoms with Gasteiger partial charge in [0.25, 0.3) is 10.0 Å². The molecule has 0 fully saturated rings. The normalized spacial score (nSPS) is 11.0. The van der Waals surface area contributed by atoms with E-state index in [-0.39, 0.29) is 27.6 Å². The Morgan fingerprint density at radius 3 is 2.17 bits per heavy atom. The molecule has 0 aliphatic carbocycles. The summed E-state index contributed by atoms with van der Waals surface area (Å²) in [6.07, 6.45) is 0. The summed E-state index contributed by atoms with van der Waals surface area (Å²) in [6.45, 7) is 1.33. The highest BCUT2D eigenvalue weighted by Gasteiger charge is 2.20. The number of sulfonamides is 1. The Hall–Kier alpha value is -3.59. The van der Waals surface area contributed by atoms with Crippen molar-refractivity contribution in [2.75, 3.05) is 10.0 Å². The molecule has 9 heteroatoms. The second kappa shape index (κ2) is 8.42. The smallest absolute Gasteiger partial charge is 0.261 e. The molecule has 30 heavy (non-hydrogen) atoms. The highest BCUT2D eigenvalue weighted by atomic mass is 32.2. The standard InChI is InChI=1S/C21H16F2N2O4S/c1-13(26)24-15-7-9-16(10-8-15)30(28,29)25-20-5-3-2-4-17(20)21(27)14-6-11-18(22)19(23)12-14/h2-12,25H,1H3,(H,24,26). The number of hydrogen-bond donors (Lipinski definition) is 2. The summed E-state index contributed by atoms with van der Waals surface area (Å²) in [5, 5.41) is 2.53. The molecule has 3 aromatic carbocycles. The Balaban J connectivity index is 1.91. The lowest BCUT2D eigenvalue weighted by Gasteiger charge is -2.13. The lowest BCUT2D eigenvalue weighted by atomic mass is 10.0. The van der Waals surface area contributed by atoms with Crippen LogP contribution in [0.4, 0.5) is 20.2 Å². The Bertz CT molecular complexity index is 1230. The quantitative estimate of drug-likeness (QED) is 0.579. The molecule has 0 heterocycles. The first-order chi connectivity index (χ1) is 14.2. The third-order valence-electron chi connectivity index (χ3n) is 4.08. The fourth-order valence-electron chi connectivity index (χ4n) is 2.69. The third-order valence-corrected chi connectivity index (χ3v) is 5.46. The molecular formula is C21H16F2N2O4S. The number of para-hydroxylation sites is 1. The van der Waals surface area contributed by atoms with Crippen LogP contribution in [0, 0.1) is 11.6 Å². The number of nitrogens with one attached hydrogen (secondary N) is 2. The minimum Gasteiger partial charge on any atom is -0.326 e. The Morgan fingerprint density at radius 1 is 0.867 bits per heavy atom. The Labute approximate surface area is 171 Å². The van der Waals surface area contributed by atoms with Crippen molar-refractivity contribution in [3.63, 3.8) is 0 Å². The molecule has 0 unspecified atom stereocenters. The number of carbonyl (C=O) groups is 2. The van der Waals surface area contributed by atoms with Crippen LogP contribution < -0.4 is 10.0 Å². The minimum absolute atomic E-state index is 0.0156. The molecule has 0 aliphatic rings. The van der Waals surface area contributed by atoms with E-state index in [1.54, 1.807) is 0 Å². The number of amides is 1. The van der Waals surface area contributed by atoms with Crippen LogP contribution in [-0.2, 0) is 14.8 Å². The van der Waals surface area contributed by atoms with Crippen molar-refractivity contribution in [2.45, 2.75) is 11.8 Å². The number of halogens is 2. The number of benzene rings is 3. The molecule has 0 bridgehead atoms. The van der Waals surface area contributed by atoms with E-state index in [9.17, 15) is 26.8 Å². The van der Waals surface area contributed by atoms with E-state index < -0.39 is 27.4 Å². The molecule has 0 aromatic heterocycles. The van der Waals surface area contributed by atoms with Crippen LogP contribution in [-0.4, -0.2) is 20.1 Å². The number of carbonyl (C=O) groups excluding carboxylic acids is 2. The molecule has 0 saturated carbocycles. The molecule has 0 spiro atoms. The molecule has 6 nitrogen and oxygen atoms in total. The first kappa shape index (κ1) is 21.1. The molecule has 3 rings (SSSR count). The van der Waals surface area contributed by atoms with E-state index >= 15 is 0 Å². The SMILES string of the molecule is CC(=O)Nc1ccc(S(=O)(=O)Nc2ccccc2C(=O)c2ccc(F)c(F)c2)cc1. The summed E-state index contributed by atoms with van der Waals surface area (Å²) in [6, 6.07) is 14.0. The maximum absolute atomic E-state index is 13.5. The molecular weight excluding hydrogens is 414 g/mol. The van der Waals surface area contributed by atoms with Crippen LogP contribution in [0.25, 0.3) is 0 Å². The van der Waals surface area contributed by atoms with Gasteiger partial charge in [-0.1, -0.05) is 12.1 Å². The summed E-state index contributed by atoms with van der Waals surface area (Å²) in [7, 11) is -4.06. The summed E-state index contributed by atoms with van der Waals surface area (Å²) < 4.78 is 54.4. The number of rotatable bonds is 6. The first-order valence-corrected chi connectivity index (χ1v) is 10.1. The van der Waals surface area contributed by atoms with Crippen molar-refractivity contribution in [1.82, 2.24) is 0 Å². The topological polar surface area (TPSA) is 92.3 Å². The van der Waals surface area contributed by atoms with Crippen LogP contribution in [0.2, 0.25) is 0 Å². The second-order valence-corrected chi connectivity index (χ2v) is 8.00. The van der Waals surface area contributed by atoms with Crippen LogP contribution >= 0.6 is 0 Å². The molecule has 0 aliphatic heterocycles. The van der Waals surface area contributed by atoms with Crippen LogP contribution in [0.1, 0.15) is 22.8 Å². The number of hydrogen-bond acceptors (Lipinski definition) is 4. The van der Waals surface area contributed by atoms with E-state index in [4.69, 9.17) is 0 Å². The fourth-order valence-corrected chi connectivity index (χ4v) is 3.77. The fraction of sp³-hybridized carbons (Fsp3) is 0.0476. The van der Waals surface area contributed by atoms with E-state index in [1.165, 1.54) is 55.5 Å². The van der Waals surface area contributed by atoms with Crippen molar-refractivity contribution in [3.05, 3.63) is 89.5 Å². The van der Waals surface area contributed by atoms with Crippen molar-refractivity contribution >= 4 is 33.1 Å². The second-order valence-electron chi connectivity index (χ2n) is 6.31. The van der Waals surface area contributed by atoms with Crippen molar-refractivity contribution in [3.8, 4) is 0 Å². The zero-order valence-electron chi connectivity index (χ0n) is 15.6. The van der Waals surface area contributed by atoms with Gasteiger partial charge in [-0.2, -0.15) is 0 Å². The van der Waals surface area contributed by atoms with Crippen molar-refractivity contribution in [2.24, 2.45) is 0 Å². The number of ketones is 1. The lowest BCUT2D eigenvalue weighted by Crippen LogP contribution is -2.16. The largest absolute Gasteiger partial charge is 0.326 e. The molecule has 3 aromatic rings. The van der Waals surface area contributed by atoms with Crippen LogP contribution in [0.15, 0.2) is 71.6 Å². The highest BCUT2D eigenvalue weighted by Crippen LogP contribution is 2.24. The molecule has 0 saturated heterocycles. The van der Waals surface area contributed by atoms with E-state index in [1.807, 2.05) is 0 Å². The molecule has 0 atom stereocenters. The van der Waals surface area contributed by atoms with Gasteiger partial charge in [0.15, 0.2) is 17.4 Å². The molecule has 1 amide bonds. The predicted molar refractivity (Wildman–Crippen MR) is 108 cm³/mol. The predicted octanol–water partition coefficient (Wildman–Crippen LogP) is 3.96. The van der Waals surface area contributed by atoms with Gasteiger partial charge >= 0.3 is 0 Å². The average Bonchev–Trinajstić information content (AvgIpc) is 2.69. The average molecular weight is 430 g/mol. The molecule has 0 radical (unpaired) electrons. The van der Waals surface area contributed by atoms with E-state index in [2.05, 4.69) is 10.0 Å². The lowest BCUT2D eigenvalue weighted by molar-refractivity contribution is -0.114. The maximum Gasteiger partial charge on any atom is 0.261 e. The van der Waals surface area contributed by atoms with Gasteiger partial charge in [-0.3, -0.25) is 14.3 Å². The van der Waals surface area contributed by atoms with Gasteiger partial charge < -0.3 is 5.32 Å². The van der Waals surface area contributed by atoms with Crippen LogP contribution in [0.3, 0.4) is 0 Å². The third kappa shape index (κ3) is 4.69. The van der Waals surface area contributed by atoms with Gasteiger partial charge in [0.2, 0.25) is 5.91 Å². The minimum atomic E-state index is -4.06. The monoisotopic (exact) mass is 430 g/mol. The van der Waals surface area contributed by atoms with Crippen molar-refractivity contribution in [1.29, 1.82) is 0 Å². The van der Waals surface area contributed by atoms with Crippen molar-refractivity contribution < 1.29 is 26.8 Å². The number of anilines is 2. The summed E-state index contributed by atoms with van der Waals surface area (Å²) >= 11 is 0. The van der Waals surface area contributed by atoms with Gasteiger partial charge in [-0.25, -0.2) is 17.2 Å². The van der Waals surface area contributed by atoms with Gasteiger partial charge in [-0.05, 0) is 54.6 Å². The summed E-state index contributed by atoms with van der Waals surface area (Å²) in [5.41, 5.74) is 0.260. The first-order valence-electron chi connectivity index (χ1n) is 8.66.